The lowest BCUT2D eigenvalue weighted by Gasteiger charge is -1.91. The number of thiol groups is 1. The number of nitrogens with zero attached hydrogens (tertiary/aromatic N) is 2. The van der Waals surface area contributed by atoms with Crippen LogP contribution in [0.2, 0.25) is 0 Å². The van der Waals surface area contributed by atoms with E-state index < -0.39 is 5.76 Å². The van der Waals surface area contributed by atoms with Crippen LogP contribution in [0.25, 0.3) is 11.2 Å². The summed E-state index contributed by atoms with van der Waals surface area (Å²) in [6.07, 6.45) is 1.61. The van der Waals surface area contributed by atoms with E-state index in [-0.39, 0.29) is 5.88 Å². The molecule has 5 heteroatoms. The number of hydrogen-bond donors (Lipinski definition) is 1. The van der Waals surface area contributed by atoms with Crippen LogP contribution < -0.4 is 5.76 Å². The second kappa shape index (κ2) is 2.67. The van der Waals surface area contributed by atoms with Crippen molar-refractivity contribution in [3.63, 3.8) is 0 Å². The summed E-state index contributed by atoms with van der Waals surface area (Å²) in [5.74, 6) is -0.137. The van der Waals surface area contributed by atoms with Gasteiger partial charge in [0, 0.05) is 6.20 Å². The smallest absolute Gasteiger partial charge is 0.406 e. The summed E-state index contributed by atoms with van der Waals surface area (Å²) >= 11 is 3.98. The molecular formula is C7H6N2O2S. The van der Waals surface area contributed by atoms with Crippen LogP contribution >= 0.6 is 12.6 Å². The lowest BCUT2D eigenvalue weighted by Crippen LogP contribution is -2.11. The maximum atomic E-state index is 11.1. The minimum Gasteiger partial charge on any atom is -0.406 e. The van der Waals surface area contributed by atoms with Gasteiger partial charge in [-0.2, -0.15) is 12.6 Å². The van der Waals surface area contributed by atoms with Crippen molar-refractivity contribution in [2.75, 3.05) is 0 Å². The number of fused-ring (bicyclic) bond motifs is 1. The predicted octanol–water partition coefficient (Wildman–Crippen LogP) is 0.877. The first kappa shape index (κ1) is 7.42. The van der Waals surface area contributed by atoms with Gasteiger partial charge in [0.05, 0.1) is 5.88 Å². The lowest BCUT2D eigenvalue weighted by molar-refractivity contribution is 0.526. The van der Waals surface area contributed by atoms with Crippen LogP contribution in [0.5, 0.6) is 0 Å². The van der Waals surface area contributed by atoms with Crippen LogP contribution in [0, 0.1) is 0 Å². The van der Waals surface area contributed by atoms with Gasteiger partial charge in [-0.3, -0.25) is 0 Å². The molecule has 0 aliphatic heterocycles. The highest BCUT2D eigenvalue weighted by molar-refractivity contribution is 7.79. The number of aromatic nitrogens is 2. The molecule has 0 saturated carbocycles. The van der Waals surface area contributed by atoms with E-state index in [1.165, 1.54) is 4.57 Å². The summed E-state index contributed by atoms with van der Waals surface area (Å²) in [4.78, 5) is 15.1. The van der Waals surface area contributed by atoms with E-state index in [0.29, 0.717) is 11.2 Å². The number of pyridine rings is 1. The third-order valence-electron chi connectivity index (χ3n) is 1.57. The second-order valence-electron chi connectivity index (χ2n) is 2.26. The highest BCUT2D eigenvalue weighted by atomic mass is 32.1. The monoisotopic (exact) mass is 182 g/mol. The molecular weight excluding hydrogens is 176 g/mol. The van der Waals surface area contributed by atoms with Gasteiger partial charge in [0.15, 0.2) is 11.2 Å². The summed E-state index contributed by atoms with van der Waals surface area (Å²) in [5, 5.41) is 0. The van der Waals surface area contributed by atoms with E-state index in [2.05, 4.69) is 17.6 Å². The molecule has 0 bridgehead atoms. The molecule has 0 aliphatic rings. The molecule has 0 radical (unpaired) electrons. The maximum absolute atomic E-state index is 11.1. The van der Waals surface area contributed by atoms with Crippen molar-refractivity contribution < 1.29 is 4.42 Å². The van der Waals surface area contributed by atoms with E-state index in [9.17, 15) is 4.79 Å². The standard InChI is InChI=1S/C7H6N2O2S/c10-7-9(4-12)6-5(11-7)2-1-3-8-6/h1-3,12H,4H2. The van der Waals surface area contributed by atoms with E-state index in [4.69, 9.17) is 4.42 Å². The van der Waals surface area contributed by atoms with Crippen LogP contribution in [0.1, 0.15) is 0 Å². The summed E-state index contributed by atoms with van der Waals surface area (Å²) in [5.41, 5.74) is 1.04. The average Bonchev–Trinajstić information content (AvgIpc) is 2.40. The van der Waals surface area contributed by atoms with Gasteiger partial charge in [0.25, 0.3) is 0 Å². The van der Waals surface area contributed by atoms with Gasteiger partial charge in [0.1, 0.15) is 0 Å². The van der Waals surface area contributed by atoms with Crippen molar-refractivity contribution in [2.24, 2.45) is 0 Å². The molecule has 0 spiro atoms. The molecule has 4 nitrogen and oxygen atoms in total. The number of oxazole rings is 1. The molecule has 0 fully saturated rings. The molecule has 2 aromatic heterocycles. The van der Waals surface area contributed by atoms with Crippen LogP contribution in [0.4, 0.5) is 0 Å². The van der Waals surface area contributed by atoms with Crippen molar-refractivity contribution in [3.05, 3.63) is 28.9 Å². The minimum atomic E-state index is -0.418. The summed E-state index contributed by atoms with van der Waals surface area (Å²) in [7, 11) is 0. The molecule has 0 N–H and O–H groups in total. The zero-order valence-corrected chi connectivity index (χ0v) is 6.99. The van der Waals surface area contributed by atoms with Crippen molar-refractivity contribution in [1.29, 1.82) is 0 Å². The van der Waals surface area contributed by atoms with Crippen LogP contribution in [0.3, 0.4) is 0 Å². The Morgan fingerprint density at radius 1 is 1.67 bits per heavy atom. The molecule has 0 atom stereocenters. The first-order valence-electron chi connectivity index (χ1n) is 3.38. The second-order valence-corrected chi connectivity index (χ2v) is 2.55. The average molecular weight is 182 g/mol. The predicted molar refractivity (Wildman–Crippen MR) is 47.3 cm³/mol. The van der Waals surface area contributed by atoms with Crippen LogP contribution in [-0.2, 0) is 5.88 Å². The van der Waals surface area contributed by atoms with Gasteiger partial charge in [-0.15, -0.1) is 0 Å². The van der Waals surface area contributed by atoms with Gasteiger partial charge in [-0.25, -0.2) is 14.3 Å². The quantitative estimate of drug-likeness (QED) is 0.666. The Balaban J connectivity index is 2.91. The van der Waals surface area contributed by atoms with Crippen molar-refractivity contribution >= 4 is 23.9 Å². The van der Waals surface area contributed by atoms with Crippen molar-refractivity contribution in [1.82, 2.24) is 9.55 Å². The Bertz CT molecular complexity index is 460. The van der Waals surface area contributed by atoms with Gasteiger partial charge in [-0.1, -0.05) is 0 Å². The van der Waals surface area contributed by atoms with Crippen LogP contribution in [-0.4, -0.2) is 9.55 Å². The summed E-state index contributed by atoms with van der Waals surface area (Å²) < 4.78 is 6.25. The Labute approximate surface area is 73.2 Å². The first-order valence-corrected chi connectivity index (χ1v) is 4.01. The molecule has 0 amide bonds. The molecule has 0 unspecified atom stereocenters. The Morgan fingerprint density at radius 2 is 2.50 bits per heavy atom. The number of rotatable bonds is 1. The zero-order chi connectivity index (χ0) is 8.55. The lowest BCUT2D eigenvalue weighted by atomic mass is 10.5. The van der Waals surface area contributed by atoms with E-state index in [1.54, 1.807) is 18.3 Å². The fourth-order valence-corrected chi connectivity index (χ4v) is 1.27. The minimum absolute atomic E-state index is 0.281. The molecule has 2 heterocycles. The number of hydrogen-bond acceptors (Lipinski definition) is 4. The first-order chi connectivity index (χ1) is 5.83. The maximum Gasteiger partial charge on any atom is 0.421 e. The highest BCUT2D eigenvalue weighted by Crippen LogP contribution is 2.08. The third kappa shape index (κ3) is 0.937. The molecule has 2 aromatic rings. The topological polar surface area (TPSA) is 48.0 Å². The van der Waals surface area contributed by atoms with Gasteiger partial charge in [-0.05, 0) is 12.1 Å². The highest BCUT2D eigenvalue weighted by Gasteiger charge is 2.06. The molecule has 0 aromatic carbocycles. The summed E-state index contributed by atoms with van der Waals surface area (Å²) in [6.45, 7) is 0. The van der Waals surface area contributed by atoms with Gasteiger partial charge in [0.2, 0.25) is 0 Å². The molecule has 0 aliphatic carbocycles. The molecule has 12 heavy (non-hydrogen) atoms. The Morgan fingerprint density at radius 3 is 3.25 bits per heavy atom. The largest absolute Gasteiger partial charge is 0.421 e. The summed E-state index contributed by atoms with van der Waals surface area (Å²) in [6, 6.07) is 3.41. The van der Waals surface area contributed by atoms with Gasteiger partial charge >= 0.3 is 5.76 Å². The molecule has 2 rings (SSSR count). The molecule has 0 saturated heterocycles. The third-order valence-corrected chi connectivity index (χ3v) is 1.85. The SMILES string of the molecule is O=c1oc2cccnc2n1CS. The fourth-order valence-electron chi connectivity index (χ4n) is 1.02. The van der Waals surface area contributed by atoms with Gasteiger partial charge < -0.3 is 4.42 Å². The van der Waals surface area contributed by atoms with Crippen molar-refractivity contribution in [2.45, 2.75) is 5.88 Å². The van der Waals surface area contributed by atoms with Crippen LogP contribution in [0.15, 0.2) is 27.5 Å². The molecule has 62 valence electrons. The Hall–Kier alpha value is -1.23. The fraction of sp³-hybridized carbons (Fsp3) is 0.143. The van der Waals surface area contributed by atoms with E-state index in [0.717, 1.165) is 0 Å². The Kier molecular flexibility index (Phi) is 1.65. The zero-order valence-electron chi connectivity index (χ0n) is 6.10. The van der Waals surface area contributed by atoms with E-state index in [1.807, 2.05) is 0 Å². The van der Waals surface area contributed by atoms with Crippen molar-refractivity contribution in [3.8, 4) is 0 Å². The van der Waals surface area contributed by atoms with E-state index >= 15 is 0 Å². The normalized spacial score (nSPS) is 10.8.